The van der Waals surface area contributed by atoms with Gasteiger partial charge in [-0.15, -0.1) is 0 Å². The summed E-state index contributed by atoms with van der Waals surface area (Å²) in [5.41, 5.74) is 10.6. The highest BCUT2D eigenvalue weighted by Gasteiger charge is 2.53. The Balaban J connectivity index is 2.46. The Morgan fingerprint density at radius 3 is 1.87 bits per heavy atom. The maximum Gasteiger partial charge on any atom is 0.0195 e. The summed E-state index contributed by atoms with van der Waals surface area (Å²) in [4.78, 5) is 0. The first-order valence-corrected chi connectivity index (χ1v) is 5.73. The largest absolute Gasteiger partial charge is 0.325 e. The topological polar surface area (TPSA) is 26.0 Å². The highest BCUT2D eigenvalue weighted by Crippen LogP contribution is 2.54. The Hall–Kier alpha value is -0.820. The van der Waals surface area contributed by atoms with Crippen molar-refractivity contribution in [3.63, 3.8) is 0 Å². The van der Waals surface area contributed by atoms with Crippen LogP contribution in [0.5, 0.6) is 0 Å². The van der Waals surface area contributed by atoms with Crippen molar-refractivity contribution in [3.8, 4) is 0 Å². The summed E-state index contributed by atoms with van der Waals surface area (Å²) in [6.07, 6.45) is 2.47. The molecule has 0 amide bonds. The van der Waals surface area contributed by atoms with Crippen molar-refractivity contribution < 1.29 is 0 Å². The molecule has 82 valence electrons. The molecule has 0 saturated heterocycles. The molecule has 1 saturated carbocycles. The zero-order valence-electron chi connectivity index (χ0n) is 10.2. The minimum atomic E-state index is -0.104. The van der Waals surface area contributed by atoms with Gasteiger partial charge < -0.3 is 5.73 Å². The molecule has 0 aliphatic heterocycles. The fourth-order valence-corrected chi connectivity index (χ4v) is 2.68. The molecule has 0 heterocycles. The van der Waals surface area contributed by atoms with Gasteiger partial charge in [0.2, 0.25) is 0 Å². The molecule has 1 aromatic carbocycles. The van der Waals surface area contributed by atoms with Crippen molar-refractivity contribution >= 4 is 0 Å². The molecule has 2 rings (SSSR count). The van der Waals surface area contributed by atoms with Crippen LogP contribution >= 0.6 is 0 Å². The Morgan fingerprint density at radius 1 is 1.07 bits per heavy atom. The van der Waals surface area contributed by atoms with Crippen LogP contribution in [0.15, 0.2) is 18.2 Å². The van der Waals surface area contributed by atoms with E-state index in [4.69, 9.17) is 5.73 Å². The average molecular weight is 203 g/mol. The fourth-order valence-electron chi connectivity index (χ4n) is 2.68. The van der Waals surface area contributed by atoms with E-state index in [0.29, 0.717) is 0 Å². The van der Waals surface area contributed by atoms with Gasteiger partial charge in [0.25, 0.3) is 0 Å². The molecular formula is C14H21N. The number of benzene rings is 1. The van der Waals surface area contributed by atoms with Crippen LogP contribution in [0.2, 0.25) is 0 Å². The van der Waals surface area contributed by atoms with Gasteiger partial charge in [0.15, 0.2) is 0 Å². The Kier molecular flexibility index (Phi) is 2.20. The molecule has 1 heteroatoms. The van der Waals surface area contributed by atoms with Crippen molar-refractivity contribution in [2.24, 2.45) is 5.73 Å². The maximum absolute atomic E-state index is 6.31. The lowest BCUT2D eigenvalue weighted by Crippen LogP contribution is -2.45. The molecule has 1 aliphatic carbocycles. The number of hydrogen-bond acceptors (Lipinski definition) is 1. The molecule has 0 aromatic heterocycles. The van der Waals surface area contributed by atoms with Crippen molar-refractivity contribution in [1.82, 2.24) is 0 Å². The van der Waals surface area contributed by atoms with Crippen molar-refractivity contribution in [2.75, 3.05) is 0 Å². The third kappa shape index (κ3) is 1.69. The Labute approximate surface area is 92.7 Å². The quantitative estimate of drug-likeness (QED) is 0.785. The van der Waals surface area contributed by atoms with Crippen LogP contribution in [-0.2, 0) is 5.41 Å². The monoisotopic (exact) mass is 203 g/mol. The fraction of sp³-hybridized carbons (Fsp3) is 0.571. The van der Waals surface area contributed by atoms with Crippen LogP contribution < -0.4 is 5.73 Å². The van der Waals surface area contributed by atoms with Gasteiger partial charge in [0.05, 0.1) is 0 Å². The molecule has 0 unspecified atom stereocenters. The van der Waals surface area contributed by atoms with E-state index in [1.807, 2.05) is 0 Å². The number of nitrogens with two attached hydrogens (primary N) is 1. The molecule has 0 bridgehead atoms. The first kappa shape index (κ1) is 10.7. The minimum absolute atomic E-state index is 0.104. The van der Waals surface area contributed by atoms with Gasteiger partial charge in [-0.05, 0) is 46.1 Å². The summed E-state index contributed by atoms with van der Waals surface area (Å²) in [6.45, 7) is 8.63. The predicted octanol–water partition coefficient (Wildman–Crippen LogP) is 3.07. The van der Waals surface area contributed by atoms with Gasteiger partial charge in [-0.1, -0.05) is 29.3 Å². The predicted molar refractivity (Wildman–Crippen MR) is 65.1 cm³/mol. The molecule has 1 nitrogen and oxygen atoms in total. The molecule has 15 heavy (non-hydrogen) atoms. The molecule has 1 aromatic rings. The molecule has 0 radical (unpaired) electrons. The van der Waals surface area contributed by atoms with Crippen molar-refractivity contribution in [1.29, 1.82) is 0 Å². The Bertz CT molecular complexity index is 361. The highest BCUT2D eigenvalue weighted by molar-refractivity contribution is 5.40. The number of hydrogen-bond donors (Lipinski definition) is 1. The molecule has 0 atom stereocenters. The van der Waals surface area contributed by atoms with Crippen LogP contribution in [0.3, 0.4) is 0 Å². The zero-order valence-corrected chi connectivity index (χ0v) is 10.2. The summed E-state index contributed by atoms with van der Waals surface area (Å²) in [6, 6.07) is 6.83. The van der Waals surface area contributed by atoms with E-state index in [1.54, 1.807) is 0 Å². The van der Waals surface area contributed by atoms with Gasteiger partial charge in [0, 0.05) is 11.0 Å². The third-order valence-corrected chi connectivity index (χ3v) is 3.76. The van der Waals surface area contributed by atoms with E-state index in [0.717, 1.165) is 0 Å². The van der Waals surface area contributed by atoms with Crippen LogP contribution in [0, 0.1) is 13.8 Å². The first-order chi connectivity index (χ1) is 6.85. The lowest BCUT2D eigenvalue weighted by Gasteiger charge is -2.31. The van der Waals surface area contributed by atoms with E-state index < -0.39 is 0 Å². The van der Waals surface area contributed by atoms with Gasteiger partial charge in [-0.25, -0.2) is 0 Å². The summed E-state index contributed by atoms with van der Waals surface area (Å²) < 4.78 is 0. The number of rotatable bonds is 2. The standard InChI is InChI=1S/C14H21N/c1-10-7-11(2)9-12(8-10)14(5-6-14)13(3,4)15/h7-9H,5-6,15H2,1-4H3. The van der Waals surface area contributed by atoms with Crippen LogP contribution in [0.1, 0.15) is 43.4 Å². The molecule has 1 fully saturated rings. The second-order valence-electron chi connectivity index (χ2n) is 5.68. The summed E-state index contributed by atoms with van der Waals surface area (Å²) >= 11 is 0. The average Bonchev–Trinajstić information content (AvgIpc) is 2.79. The third-order valence-electron chi connectivity index (χ3n) is 3.76. The van der Waals surface area contributed by atoms with Crippen LogP contribution in [0.4, 0.5) is 0 Å². The summed E-state index contributed by atoms with van der Waals surface area (Å²) in [5.74, 6) is 0. The van der Waals surface area contributed by atoms with E-state index in [-0.39, 0.29) is 11.0 Å². The second kappa shape index (κ2) is 3.08. The second-order valence-corrected chi connectivity index (χ2v) is 5.68. The van der Waals surface area contributed by atoms with E-state index >= 15 is 0 Å². The van der Waals surface area contributed by atoms with Gasteiger partial charge in [-0.3, -0.25) is 0 Å². The van der Waals surface area contributed by atoms with E-state index in [9.17, 15) is 0 Å². The lowest BCUT2D eigenvalue weighted by molar-refractivity contribution is 0.391. The smallest absolute Gasteiger partial charge is 0.0195 e. The van der Waals surface area contributed by atoms with E-state index in [2.05, 4.69) is 45.9 Å². The van der Waals surface area contributed by atoms with Gasteiger partial charge in [0.1, 0.15) is 0 Å². The SMILES string of the molecule is Cc1cc(C)cc(C2(C(C)(C)N)CC2)c1. The molecule has 0 spiro atoms. The summed E-state index contributed by atoms with van der Waals surface area (Å²) in [7, 11) is 0. The van der Waals surface area contributed by atoms with Crippen LogP contribution in [-0.4, -0.2) is 5.54 Å². The maximum atomic E-state index is 6.31. The molecule has 2 N–H and O–H groups in total. The van der Waals surface area contributed by atoms with E-state index in [1.165, 1.54) is 29.5 Å². The minimum Gasteiger partial charge on any atom is -0.325 e. The summed E-state index contributed by atoms with van der Waals surface area (Å²) in [5, 5.41) is 0. The normalized spacial score (nSPS) is 19.0. The molecule has 1 aliphatic rings. The molecular weight excluding hydrogens is 182 g/mol. The highest BCUT2D eigenvalue weighted by atomic mass is 14.8. The van der Waals surface area contributed by atoms with Gasteiger partial charge >= 0.3 is 0 Å². The zero-order chi connectivity index (χ0) is 11.3. The first-order valence-electron chi connectivity index (χ1n) is 5.73. The van der Waals surface area contributed by atoms with Gasteiger partial charge in [-0.2, -0.15) is 0 Å². The van der Waals surface area contributed by atoms with Crippen molar-refractivity contribution in [3.05, 3.63) is 34.9 Å². The lowest BCUT2D eigenvalue weighted by atomic mass is 9.78. The van der Waals surface area contributed by atoms with Crippen LogP contribution in [0.25, 0.3) is 0 Å². The number of aryl methyl sites for hydroxylation is 2. The Morgan fingerprint density at radius 2 is 1.53 bits per heavy atom. The van der Waals surface area contributed by atoms with Crippen molar-refractivity contribution in [2.45, 2.75) is 51.5 Å².